The fourth-order valence-electron chi connectivity index (χ4n) is 2.39. The summed E-state index contributed by atoms with van der Waals surface area (Å²) in [5.41, 5.74) is 9.60. The van der Waals surface area contributed by atoms with E-state index in [1.165, 1.54) is 7.11 Å². The number of anilines is 1. The van der Waals surface area contributed by atoms with Gasteiger partial charge in [0.1, 0.15) is 0 Å². The van der Waals surface area contributed by atoms with Gasteiger partial charge in [0, 0.05) is 29.2 Å². The maximum absolute atomic E-state index is 12.1. The van der Waals surface area contributed by atoms with Crippen molar-refractivity contribution in [3.05, 3.63) is 60.4 Å². The molecule has 3 rings (SSSR count). The maximum Gasteiger partial charge on any atom is 0.340 e. The predicted octanol–water partition coefficient (Wildman–Crippen LogP) is 2.98. The van der Waals surface area contributed by atoms with Gasteiger partial charge in [-0.1, -0.05) is 24.3 Å². The van der Waals surface area contributed by atoms with Gasteiger partial charge in [0.15, 0.2) is 0 Å². The highest BCUT2D eigenvalue weighted by atomic mass is 16.5. The lowest BCUT2D eigenvalue weighted by atomic mass is 10.0. The highest BCUT2D eigenvalue weighted by molar-refractivity contribution is 6.05. The number of esters is 1. The molecular weight excluding hydrogens is 252 g/mol. The normalized spacial score (nSPS) is 10.7. The molecule has 0 unspecified atom stereocenters. The number of nitrogen functional groups attached to an aromatic ring is 1. The van der Waals surface area contributed by atoms with E-state index in [-0.39, 0.29) is 5.97 Å². The Morgan fingerprint density at radius 3 is 2.60 bits per heavy atom. The number of nitrogens with two attached hydrogens (primary N) is 1. The van der Waals surface area contributed by atoms with Gasteiger partial charge in [0.05, 0.1) is 18.2 Å². The number of fused-ring (bicyclic) bond motifs is 1. The van der Waals surface area contributed by atoms with Crippen molar-refractivity contribution in [1.82, 2.24) is 4.40 Å². The molecule has 3 aromatic rings. The molecule has 4 nitrogen and oxygen atoms in total. The Labute approximate surface area is 116 Å². The van der Waals surface area contributed by atoms with Crippen LogP contribution in [0, 0.1) is 0 Å². The fraction of sp³-hybridized carbons (Fsp3) is 0.0625. The van der Waals surface area contributed by atoms with E-state index in [4.69, 9.17) is 10.5 Å². The Bertz CT molecular complexity index is 790. The van der Waals surface area contributed by atoms with Crippen molar-refractivity contribution in [2.75, 3.05) is 12.8 Å². The van der Waals surface area contributed by atoms with E-state index in [1.54, 1.807) is 0 Å². The van der Waals surface area contributed by atoms with Crippen LogP contribution < -0.4 is 5.73 Å². The molecule has 0 aliphatic heterocycles. The topological polar surface area (TPSA) is 56.7 Å². The van der Waals surface area contributed by atoms with Crippen molar-refractivity contribution < 1.29 is 9.53 Å². The molecule has 1 aromatic carbocycles. The van der Waals surface area contributed by atoms with Crippen LogP contribution in [0.4, 0.5) is 5.69 Å². The van der Waals surface area contributed by atoms with Crippen LogP contribution in [0.25, 0.3) is 16.6 Å². The molecule has 2 aromatic heterocycles. The Morgan fingerprint density at radius 2 is 1.85 bits per heavy atom. The fourth-order valence-corrected chi connectivity index (χ4v) is 2.39. The number of hydrogen-bond acceptors (Lipinski definition) is 3. The smallest absolute Gasteiger partial charge is 0.340 e. The second kappa shape index (κ2) is 4.74. The summed E-state index contributed by atoms with van der Waals surface area (Å²) in [6.45, 7) is 0. The van der Waals surface area contributed by atoms with Crippen molar-refractivity contribution in [3.8, 4) is 11.1 Å². The Morgan fingerprint density at radius 1 is 1.10 bits per heavy atom. The van der Waals surface area contributed by atoms with Crippen molar-refractivity contribution in [2.24, 2.45) is 0 Å². The van der Waals surface area contributed by atoms with Gasteiger partial charge in [-0.05, 0) is 18.2 Å². The third-order valence-electron chi connectivity index (χ3n) is 3.32. The van der Waals surface area contributed by atoms with Crippen LogP contribution in [0.5, 0.6) is 0 Å². The lowest BCUT2D eigenvalue weighted by Crippen LogP contribution is -2.03. The van der Waals surface area contributed by atoms with Gasteiger partial charge in [-0.3, -0.25) is 0 Å². The molecule has 0 radical (unpaired) electrons. The average Bonchev–Trinajstić information content (AvgIpc) is 2.86. The minimum Gasteiger partial charge on any atom is -0.465 e. The Hall–Kier alpha value is -2.75. The summed E-state index contributed by atoms with van der Waals surface area (Å²) >= 11 is 0. The van der Waals surface area contributed by atoms with Gasteiger partial charge >= 0.3 is 5.97 Å². The number of aromatic nitrogens is 1. The van der Waals surface area contributed by atoms with E-state index < -0.39 is 0 Å². The SMILES string of the molecule is COC(=O)c1c(-c2ccccc2N)cn2ccccc12. The second-order valence-corrected chi connectivity index (χ2v) is 4.49. The summed E-state index contributed by atoms with van der Waals surface area (Å²) in [6, 6.07) is 13.2. The molecule has 100 valence electrons. The van der Waals surface area contributed by atoms with E-state index in [0.717, 1.165) is 16.6 Å². The third kappa shape index (κ3) is 1.82. The molecule has 0 saturated carbocycles. The van der Waals surface area contributed by atoms with Gasteiger partial charge in [-0.15, -0.1) is 0 Å². The monoisotopic (exact) mass is 266 g/mol. The van der Waals surface area contributed by atoms with Gasteiger partial charge in [-0.25, -0.2) is 4.79 Å². The van der Waals surface area contributed by atoms with Crippen LogP contribution >= 0.6 is 0 Å². The van der Waals surface area contributed by atoms with Crippen molar-refractivity contribution in [2.45, 2.75) is 0 Å². The number of carbonyl (C=O) groups excluding carboxylic acids is 1. The zero-order chi connectivity index (χ0) is 14.1. The summed E-state index contributed by atoms with van der Waals surface area (Å²) in [5.74, 6) is -0.364. The molecule has 0 spiro atoms. The molecule has 2 N–H and O–H groups in total. The molecule has 0 aliphatic carbocycles. The van der Waals surface area contributed by atoms with Crippen LogP contribution in [0.3, 0.4) is 0 Å². The first-order valence-corrected chi connectivity index (χ1v) is 6.25. The van der Waals surface area contributed by atoms with Crippen molar-refractivity contribution in [3.63, 3.8) is 0 Å². The molecule has 0 saturated heterocycles. The lowest BCUT2D eigenvalue weighted by Gasteiger charge is -2.06. The van der Waals surface area contributed by atoms with Gasteiger partial charge in [-0.2, -0.15) is 0 Å². The first kappa shape index (κ1) is 12.3. The maximum atomic E-state index is 12.1. The van der Waals surface area contributed by atoms with E-state index in [9.17, 15) is 4.79 Å². The van der Waals surface area contributed by atoms with Gasteiger partial charge < -0.3 is 14.9 Å². The standard InChI is InChI=1S/C16H14N2O2/c1-20-16(19)15-12(11-6-2-3-7-13(11)17)10-18-9-5-4-8-14(15)18/h2-10H,17H2,1H3. The van der Waals surface area contributed by atoms with Crippen LogP contribution in [0.2, 0.25) is 0 Å². The third-order valence-corrected chi connectivity index (χ3v) is 3.32. The van der Waals surface area contributed by atoms with Crippen LogP contribution in [-0.4, -0.2) is 17.5 Å². The zero-order valence-electron chi connectivity index (χ0n) is 11.0. The Kier molecular flexibility index (Phi) is 2.91. The highest BCUT2D eigenvalue weighted by Gasteiger charge is 2.20. The number of para-hydroxylation sites is 1. The number of methoxy groups -OCH3 is 1. The predicted molar refractivity (Wildman–Crippen MR) is 78.6 cm³/mol. The largest absolute Gasteiger partial charge is 0.465 e. The summed E-state index contributed by atoms with van der Waals surface area (Å²) in [7, 11) is 1.38. The first-order valence-electron chi connectivity index (χ1n) is 6.25. The number of hydrogen-bond donors (Lipinski definition) is 1. The average molecular weight is 266 g/mol. The number of nitrogens with zero attached hydrogens (tertiary/aromatic N) is 1. The molecule has 0 fully saturated rings. The van der Waals surface area contributed by atoms with Gasteiger partial charge in [0.25, 0.3) is 0 Å². The highest BCUT2D eigenvalue weighted by Crippen LogP contribution is 2.32. The molecule has 0 bridgehead atoms. The summed E-state index contributed by atoms with van der Waals surface area (Å²) < 4.78 is 6.81. The number of benzene rings is 1. The van der Waals surface area contributed by atoms with Crippen molar-refractivity contribution >= 4 is 17.2 Å². The van der Waals surface area contributed by atoms with E-state index >= 15 is 0 Å². The lowest BCUT2D eigenvalue weighted by molar-refractivity contribution is 0.0604. The summed E-state index contributed by atoms with van der Waals surface area (Å²) in [6.07, 6.45) is 3.79. The molecule has 0 aliphatic rings. The first-order chi connectivity index (χ1) is 9.72. The van der Waals surface area contributed by atoms with E-state index in [1.807, 2.05) is 59.3 Å². The van der Waals surface area contributed by atoms with Crippen molar-refractivity contribution in [1.29, 1.82) is 0 Å². The van der Waals surface area contributed by atoms with Crippen LogP contribution in [-0.2, 0) is 4.74 Å². The zero-order valence-corrected chi connectivity index (χ0v) is 11.0. The molecular formula is C16H14N2O2. The molecule has 2 heterocycles. The number of pyridine rings is 1. The molecule has 0 amide bonds. The van der Waals surface area contributed by atoms with Gasteiger partial charge in [0.2, 0.25) is 0 Å². The summed E-state index contributed by atoms with van der Waals surface area (Å²) in [4.78, 5) is 12.1. The molecule has 0 atom stereocenters. The van der Waals surface area contributed by atoms with Crippen LogP contribution in [0.1, 0.15) is 10.4 Å². The minimum atomic E-state index is -0.364. The van der Waals surface area contributed by atoms with E-state index in [0.29, 0.717) is 11.3 Å². The quantitative estimate of drug-likeness (QED) is 0.573. The number of ether oxygens (including phenoxy) is 1. The summed E-state index contributed by atoms with van der Waals surface area (Å²) in [5, 5.41) is 0. The van der Waals surface area contributed by atoms with E-state index in [2.05, 4.69) is 0 Å². The number of rotatable bonds is 2. The Balaban J connectivity index is 2.35. The number of carbonyl (C=O) groups is 1. The molecule has 4 heteroatoms. The second-order valence-electron chi connectivity index (χ2n) is 4.49. The minimum absolute atomic E-state index is 0.364. The van der Waals surface area contributed by atoms with Crippen LogP contribution in [0.15, 0.2) is 54.9 Å². The molecule has 20 heavy (non-hydrogen) atoms.